The van der Waals surface area contributed by atoms with Crippen LogP contribution >= 0.6 is 0 Å². The molecule has 0 aliphatic carbocycles. The molecule has 0 aromatic carbocycles. The molecule has 34 heavy (non-hydrogen) atoms. The molecule has 0 radical (unpaired) electrons. The number of likely N-dealkylation sites (tertiary alicyclic amines) is 1. The molecular weight excluding hydrogens is 426 g/mol. The first-order valence-electron chi connectivity index (χ1n) is 13.8. The van der Waals surface area contributed by atoms with Gasteiger partial charge in [-0.15, -0.1) is 0 Å². The summed E-state index contributed by atoms with van der Waals surface area (Å²) in [6.45, 7) is 20.5. The van der Waals surface area contributed by atoms with E-state index in [2.05, 4.69) is 58.4 Å². The van der Waals surface area contributed by atoms with Gasteiger partial charge in [0.2, 0.25) is 11.8 Å². The normalized spacial score (nSPS) is 16.0. The highest BCUT2D eigenvalue weighted by molar-refractivity contribution is 5.77. The molecule has 1 heterocycles. The second-order valence-electron chi connectivity index (χ2n) is 11.8. The fourth-order valence-corrected chi connectivity index (χ4v) is 4.73. The topological polar surface area (TPSA) is 53.1 Å². The molecule has 0 bridgehead atoms. The highest BCUT2D eigenvalue weighted by Crippen LogP contribution is 2.26. The van der Waals surface area contributed by atoms with Gasteiger partial charge in [-0.05, 0) is 72.5 Å². The van der Waals surface area contributed by atoms with E-state index in [0.29, 0.717) is 38.5 Å². The second-order valence-corrected chi connectivity index (χ2v) is 11.8. The van der Waals surface area contributed by atoms with Gasteiger partial charge in [0.1, 0.15) is 0 Å². The van der Waals surface area contributed by atoms with Gasteiger partial charge in [-0.25, -0.2) is 0 Å². The number of unbranched alkanes of at least 4 members (excludes halogenated alkanes) is 2. The largest absolute Gasteiger partial charge is 0.378 e. The van der Waals surface area contributed by atoms with E-state index in [1.807, 2.05) is 11.8 Å². The van der Waals surface area contributed by atoms with Gasteiger partial charge in [0, 0.05) is 37.9 Å². The third-order valence-corrected chi connectivity index (χ3v) is 7.10. The highest BCUT2D eigenvalue weighted by atomic mass is 16.5. The monoisotopic (exact) mass is 481 g/mol. The Labute approximate surface area is 210 Å². The van der Waals surface area contributed by atoms with Gasteiger partial charge < -0.3 is 19.4 Å². The lowest BCUT2D eigenvalue weighted by Gasteiger charge is -2.42. The van der Waals surface area contributed by atoms with Crippen LogP contribution in [-0.2, 0) is 14.3 Å². The Balaban J connectivity index is 2.73. The molecule has 2 amide bonds. The van der Waals surface area contributed by atoms with Crippen LogP contribution in [0.2, 0.25) is 0 Å². The van der Waals surface area contributed by atoms with Gasteiger partial charge in [-0.1, -0.05) is 40.5 Å². The zero-order valence-electron chi connectivity index (χ0n) is 23.8. The van der Waals surface area contributed by atoms with E-state index in [4.69, 9.17) is 4.74 Å². The van der Waals surface area contributed by atoms with Crippen LogP contribution in [0.25, 0.3) is 0 Å². The quantitative estimate of drug-likeness (QED) is 0.304. The van der Waals surface area contributed by atoms with Crippen LogP contribution in [0.1, 0.15) is 99.8 Å². The molecule has 1 aliphatic rings. The molecular formula is C28H55N3O3. The molecule has 0 saturated carbocycles. The third-order valence-electron chi connectivity index (χ3n) is 7.10. The molecule has 1 saturated heterocycles. The fraction of sp³-hybridized carbons (Fsp3) is 0.929. The lowest BCUT2D eigenvalue weighted by atomic mass is 9.92. The summed E-state index contributed by atoms with van der Waals surface area (Å²) in [5, 5.41) is 0. The maximum atomic E-state index is 13.2. The minimum Gasteiger partial charge on any atom is -0.378 e. The minimum absolute atomic E-state index is 0.140. The van der Waals surface area contributed by atoms with Crippen molar-refractivity contribution in [3.8, 4) is 0 Å². The first kappa shape index (κ1) is 30.9. The Morgan fingerprint density at radius 1 is 0.912 bits per heavy atom. The summed E-state index contributed by atoms with van der Waals surface area (Å²) in [5.41, 5.74) is -0.495. The van der Waals surface area contributed by atoms with Crippen molar-refractivity contribution in [2.75, 3.05) is 53.0 Å². The van der Waals surface area contributed by atoms with E-state index in [1.54, 1.807) is 0 Å². The smallest absolute Gasteiger partial charge is 0.223 e. The van der Waals surface area contributed by atoms with E-state index < -0.39 is 0 Å². The number of piperidine rings is 1. The molecule has 200 valence electrons. The first-order valence-corrected chi connectivity index (χ1v) is 13.8. The summed E-state index contributed by atoms with van der Waals surface area (Å²) < 4.78 is 6.27. The number of hydrogen-bond acceptors (Lipinski definition) is 4. The van der Waals surface area contributed by atoms with Crippen molar-refractivity contribution in [1.29, 1.82) is 0 Å². The predicted molar refractivity (Wildman–Crippen MR) is 142 cm³/mol. The maximum Gasteiger partial charge on any atom is 0.223 e. The van der Waals surface area contributed by atoms with Crippen molar-refractivity contribution < 1.29 is 14.3 Å². The van der Waals surface area contributed by atoms with Gasteiger partial charge in [0.25, 0.3) is 0 Å². The van der Waals surface area contributed by atoms with Gasteiger partial charge in [0.15, 0.2) is 0 Å². The van der Waals surface area contributed by atoms with Crippen LogP contribution in [0.3, 0.4) is 0 Å². The van der Waals surface area contributed by atoms with Crippen molar-refractivity contribution in [2.45, 2.75) is 105 Å². The third kappa shape index (κ3) is 11.1. The summed E-state index contributed by atoms with van der Waals surface area (Å²) in [7, 11) is 2.18. The Morgan fingerprint density at radius 3 is 2.00 bits per heavy atom. The van der Waals surface area contributed by atoms with Crippen LogP contribution in [-0.4, -0.2) is 85.0 Å². The van der Waals surface area contributed by atoms with Crippen molar-refractivity contribution in [2.24, 2.45) is 11.3 Å². The molecule has 1 rings (SSSR count). The molecule has 0 aromatic heterocycles. The van der Waals surface area contributed by atoms with Crippen LogP contribution in [0.4, 0.5) is 0 Å². The molecule has 0 spiro atoms. The maximum absolute atomic E-state index is 13.2. The number of amides is 2. The lowest BCUT2D eigenvalue weighted by Crippen LogP contribution is -2.53. The summed E-state index contributed by atoms with van der Waals surface area (Å²) in [5.74, 6) is 1.06. The number of rotatable bonds is 16. The number of ether oxygens (including phenoxy) is 1. The van der Waals surface area contributed by atoms with Crippen molar-refractivity contribution >= 4 is 11.8 Å². The van der Waals surface area contributed by atoms with Crippen LogP contribution in [0.5, 0.6) is 0 Å². The Hall–Kier alpha value is -1.14. The molecule has 1 aliphatic heterocycles. The minimum atomic E-state index is -0.356. The van der Waals surface area contributed by atoms with Crippen molar-refractivity contribution in [1.82, 2.24) is 14.7 Å². The zero-order valence-corrected chi connectivity index (χ0v) is 23.8. The number of carbonyl (C=O) groups is 2. The average Bonchev–Trinajstić information content (AvgIpc) is 2.78. The Kier molecular flexibility index (Phi) is 13.7. The van der Waals surface area contributed by atoms with E-state index in [-0.39, 0.29) is 22.8 Å². The Morgan fingerprint density at radius 2 is 1.47 bits per heavy atom. The SMILES string of the molecule is CCCCC(=O)N(CC)CC(C)(C)COCC(C)(C)N(CC1CCN(C)CC1)C(=O)CCCC. The summed E-state index contributed by atoms with van der Waals surface area (Å²) >= 11 is 0. The standard InChI is InChI=1S/C28H55N3O3/c1-9-12-14-25(32)30(11-3)21-27(4,5)22-34-23-28(6,7)31(26(33)15-13-10-2)20-24-16-18-29(8)19-17-24/h24H,9-23H2,1-8H3. The summed E-state index contributed by atoms with van der Waals surface area (Å²) in [6.07, 6.45) is 7.49. The van der Waals surface area contributed by atoms with Crippen molar-refractivity contribution in [3.05, 3.63) is 0 Å². The molecule has 1 fully saturated rings. The summed E-state index contributed by atoms with van der Waals surface area (Å²) in [4.78, 5) is 32.2. The molecule has 6 nitrogen and oxygen atoms in total. The van der Waals surface area contributed by atoms with Crippen molar-refractivity contribution in [3.63, 3.8) is 0 Å². The van der Waals surface area contributed by atoms with Gasteiger partial charge in [0.05, 0.1) is 18.8 Å². The molecule has 6 heteroatoms. The second kappa shape index (κ2) is 15.1. The molecule has 0 aromatic rings. The number of hydrogen-bond donors (Lipinski definition) is 0. The number of nitrogens with zero attached hydrogens (tertiary/aromatic N) is 3. The van der Waals surface area contributed by atoms with E-state index in [1.165, 1.54) is 0 Å². The highest BCUT2D eigenvalue weighted by Gasteiger charge is 2.34. The lowest BCUT2D eigenvalue weighted by molar-refractivity contribution is -0.142. The Bertz CT molecular complexity index is 598. The average molecular weight is 482 g/mol. The van der Waals surface area contributed by atoms with Gasteiger partial charge in [-0.3, -0.25) is 9.59 Å². The van der Waals surface area contributed by atoms with Crippen LogP contribution < -0.4 is 0 Å². The van der Waals surface area contributed by atoms with E-state index >= 15 is 0 Å². The predicted octanol–water partition coefficient (Wildman–Crippen LogP) is 5.21. The zero-order chi connectivity index (χ0) is 25.8. The van der Waals surface area contributed by atoms with E-state index in [9.17, 15) is 9.59 Å². The van der Waals surface area contributed by atoms with Crippen LogP contribution in [0.15, 0.2) is 0 Å². The van der Waals surface area contributed by atoms with Gasteiger partial charge in [-0.2, -0.15) is 0 Å². The van der Waals surface area contributed by atoms with Gasteiger partial charge >= 0.3 is 0 Å². The van der Waals surface area contributed by atoms with Crippen LogP contribution in [0, 0.1) is 11.3 Å². The summed E-state index contributed by atoms with van der Waals surface area (Å²) in [6, 6.07) is 0. The molecule has 0 N–H and O–H groups in total. The first-order chi connectivity index (χ1) is 16.0. The number of carbonyl (C=O) groups excluding carboxylic acids is 2. The molecule has 0 unspecified atom stereocenters. The molecule has 0 atom stereocenters. The fourth-order valence-electron chi connectivity index (χ4n) is 4.73. The van der Waals surface area contributed by atoms with E-state index in [0.717, 1.165) is 64.7 Å².